The van der Waals surface area contributed by atoms with E-state index in [0.717, 1.165) is 18.5 Å². The van der Waals surface area contributed by atoms with Gasteiger partial charge in [-0.15, -0.1) is 19.8 Å². The number of hydrogen-bond acceptors (Lipinski definition) is 2. The van der Waals surface area contributed by atoms with Crippen LogP contribution in [-0.2, 0) is 6.54 Å². The molecule has 0 atom stereocenters. The Morgan fingerprint density at radius 3 is 2.41 bits per heavy atom. The highest BCUT2D eigenvalue weighted by Gasteiger charge is 2.30. The second-order valence-corrected chi connectivity index (χ2v) is 3.45. The molecule has 1 N–H and O–H groups in total. The van der Waals surface area contributed by atoms with Gasteiger partial charge in [0.15, 0.2) is 0 Å². The first kappa shape index (κ1) is 13.6. The van der Waals surface area contributed by atoms with Crippen LogP contribution < -0.4 is 10.1 Å². The normalized spacial score (nSPS) is 11.2. The second-order valence-electron chi connectivity index (χ2n) is 3.45. The van der Waals surface area contributed by atoms with E-state index in [1.54, 1.807) is 18.2 Å². The SMILES string of the molecule is C=CCCNCc1ccc(OC(F)(F)F)cc1. The third kappa shape index (κ3) is 5.97. The van der Waals surface area contributed by atoms with Crippen LogP contribution in [0.2, 0.25) is 0 Å². The molecule has 1 rings (SSSR count). The predicted molar refractivity (Wildman–Crippen MR) is 59.6 cm³/mol. The molecule has 1 aromatic rings. The van der Waals surface area contributed by atoms with Crippen LogP contribution in [0.25, 0.3) is 0 Å². The van der Waals surface area contributed by atoms with Crippen LogP contribution in [0.3, 0.4) is 0 Å². The Kier molecular flexibility index (Phi) is 5.03. The molecule has 0 aliphatic rings. The molecule has 17 heavy (non-hydrogen) atoms. The monoisotopic (exact) mass is 245 g/mol. The molecule has 0 heterocycles. The first-order chi connectivity index (χ1) is 8.01. The van der Waals surface area contributed by atoms with Crippen molar-refractivity contribution < 1.29 is 17.9 Å². The molecule has 0 radical (unpaired) electrons. The minimum absolute atomic E-state index is 0.202. The number of nitrogens with one attached hydrogen (secondary N) is 1. The zero-order chi connectivity index (χ0) is 12.7. The molecule has 2 nitrogen and oxygen atoms in total. The smallest absolute Gasteiger partial charge is 0.406 e. The van der Waals surface area contributed by atoms with Gasteiger partial charge in [0.2, 0.25) is 0 Å². The third-order valence-electron chi connectivity index (χ3n) is 2.01. The molecule has 0 aromatic heterocycles. The molecule has 94 valence electrons. The minimum Gasteiger partial charge on any atom is -0.406 e. The van der Waals surface area contributed by atoms with Crippen molar-refractivity contribution >= 4 is 0 Å². The van der Waals surface area contributed by atoms with Crippen LogP contribution in [0.15, 0.2) is 36.9 Å². The lowest BCUT2D eigenvalue weighted by Crippen LogP contribution is -2.17. The number of benzene rings is 1. The zero-order valence-electron chi connectivity index (χ0n) is 9.26. The molecule has 5 heteroatoms. The third-order valence-corrected chi connectivity index (χ3v) is 2.01. The maximum atomic E-state index is 11.9. The van der Waals surface area contributed by atoms with Crippen LogP contribution in [0, 0.1) is 0 Å². The summed E-state index contributed by atoms with van der Waals surface area (Å²) in [6.07, 6.45) is -1.98. The van der Waals surface area contributed by atoms with Crippen molar-refractivity contribution in [1.82, 2.24) is 5.32 Å². The van der Waals surface area contributed by atoms with Crippen molar-refractivity contribution in [1.29, 1.82) is 0 Å². The average Bonchev–Trinajstić information content (AvgIpc) is 2.25. The molecule has 0 aliphatic heterocycles. The highest BCUT2D eigenvalue weighted by Crippen LogP contribution is 2.22. The van der Waals surface area contributed by atoms with Crippen molar-refractivity contribution in [3.8, 4) is 5.75 Å². The van der Waals surface area contributed by atoms with Gasteiger partial charge in [-0.1, -0.05) is 18.2 Å². The fourth-order valence-electron chi connectivity index (χ4n) is 1.25. The lowest BCUT2D eigenvalue weighted by Gasteiger charge is -2.09. The zero-order valence-corrected chi connectivity index (χ0v) is 9.26. The largest absolute Gasteiger partial charge is 0.573 e. The van der Waals surface area contributed by atoms with E-state index in [1.807, 2.05) is 0 Å². The van der Waals surface area contributed by atoms with Crippen LogP contribution in [0.4, 0.5) is 13.2 Å². The van der Waals surface area contributed by atoms with Crippen molar-refractivity contribution in [2.24, 2.45) is 0 Å². The highest BCUT2D eigenvalue weighted by molar-refractivity contribution is 5.27. The van der Waals surface area contributed by atoms with E-state index in [2.05, 4.69) is 16.6 Å². The van der Waals surface area contributed by atoms with Crippen molar-refractivity contribution in [3.63, 3.8) is 0 Å². The molecule has 0 amide bonds. The van der Waals surface area contributed by atoms with Gasteiger partial charge in [-0.05, 0) is 30.7 Å². The fraction of sp³-hybridized carbons (Fsp3) is 0.333. The van der Waals surface area contributed by atoms with Crippen molar-refractivity contribution in [3.05, 3.63) is 42.5 Å². The summed E-state index contributed by atoms with van der Waals surface area (Å²) in [5, 5.41) is 3.14. The molecule has 0 aliphatic carbocycles. The Morgan fingerprint density at radius 1 is 1.24 bits per heavy atom. The van der Waals surface area contributed by atoms with E-state index in [-0.39, 0.29) is 5.75 Å². The van der Waals surface area contributed by atoms with Gasteiger partial charge >= 0.3 is 6.36 Å². The maximum Gasteiger partial charge on any atom is 0.573 e. The second kappa shape index (κ2) is 6.30. The van der Waals surface area contributed by atoms with Gasteiger partial charge < -0.3 is 10.1 Å². The topological polar surface area (TPSA) is 21.3 Å². The van der Waals surface area contributed by atoms with Crippen molar-refractivity contribution in [2.45, 2.75) is 19.3 Å². The number of alkyl halides is 3. The summed E-state index contributed by atoms with van der Waals surface area (Å²) in [6, 6.07) is 5.81. The molecule has 0 spiro atoms. The molecule has 0 bridgehead atoms. The van der Waals surface area contributed by atoms with Gasteiger partial charge in [0.1, 0.15) is 5.75 Å². The summed E-state index contributed by atoms with van der Waals surface area (Å²) < 4.78 is 39.4. The Hall–Kier alpha value is -1.49. The Balaban J connectivity index is 2.42. The molecule has 0 unspecified atom stereocenters. The summed E-state index contributed by atoms with van der Waals surface area (Å²) in [5.41, 5.74) is 0.906. The van der Waals surface area contributed by atoms with Gasteiger partial charge in [0.05, 0.1) is 0 Å². The summed E-state index contributed by atoms with van der Waals surface area (Å²) >= 11 is 0. The lowest BCUT2D eigenvalue weighted by atomic mass is 10.2. The fourth-order valence-corrected chi connectivity index (χ4v) is 1.25. The lowest BCUT2D eigenvalue weighted by molar-refractivity contribution is -0.274. The first-order valence-corrected chi connectivity index (χ1v) is 5.17. The van der Waals surface area contributed by atoms with Crippen LogP contribution >= 0.6 is 0 Å². The molecular formula is C12H14F3NO. The van der Waals surface area contributed by atoms with E-state index in [1.165, 1.54) is 12.1 Å². The Bertz CT molecular complexity index is 346. The van der Waals surface area contributed by atoms with Crippen LogP contribution in [0.1, 0.15) is 12.0 Å². The van der Waals surface area contributed by atoms with E-state index < -0.39 is 6.36 Å². The van der Waals surface area contributed by atoms with E-state index in [4.69, 9.17) is 0 Å². The summed E-state index contributed by atoms with van der Waals surface area (Å²) in [7, 11) is 0. The highest BCUT2D eigenvalue weighted by atomic mass is 19.4. The molecule has 0 fully saturated rings. The molecule has 0 saturated carbocycles. The van der Waals surface area contributed by atoms with Gasteiger partial charge in [0, 0.05) is 6.54 Å². The first-order valence-electron chi connectivity index (χ1n) is 5.17. The van der Waals surface area contributed by atoms with Crippen LogP contribution in [0.5, 0.6) is 5.75 Å². The summed E-state index contributed by atoms with van der Waals surface area (Å²) in [4.78, 5) is 0. The summed E-state index contributed by atoms with van der Waals surface area (Å²) in [5.74, 6) is -0.202. The Morgan fingerprint density at radius 2 is 1.88 bits per heavy atom. The van der Waals surface area contributed by atoms with Crippen molar-refractivity contribution in [2.75, 3.05) is 6.54 Å². The molecule has 0 saturated heterocycles. The Labute approximate surface area is 98.1 Å². The predicted octanol–water partition coefficient (Wildman–Crippen LogP) is 3.25. The van der Waals surface area contributed by atoms with Gasteiger partial charge in [-0.25, -0.2) is 0 Å². The van der Waals surface area contributed by atoms with E-state index >= 15 is 0 Å². The number of hydrogen-bond donors (Lipinski definition) is 1. The van der Waals surface area contributed by atoms with Gasteiger partial charge in [-0.2, -0.15) is 0 Å². The number of ether oxygens (including phenoxy) is 1. The minimum atomic E-state index is -4.64. The van der Waals surface area contributed by atoms with E-state index in [9.17, 15) is 13.2 Å². The maximum absolute atomic E-state index is 11.9. The molecule has 1 aromatic carbocycles. The van der Waals surface area contributed by atoms with Gasteiger partial charge in [0.25, 0.3) is 0 Å². The summed E-state index contributed by atoms with van der Waals surface area (Å²) in [6.45, 7) is 5.00. The quantitative estimate of drug-likeness (QED) is 0.613. The van der Waals surface area contributed by atoms with Gasteiger partial charge in [-0.3, -0.25) is 0 Å². The van der Waals surface area contributed by atoms with E-state index in [0.29, 0.717) is 6.54 Å². The standard InChI is InChI=1S/C12H14F3NO/c1-2-3-8-16-9-10-4-6-11(7-5-10)17-12(13,14)15/h2,4-7,16H,1,3,8-9H2. The number of halogens is 3. The number of rotatable bonds is 6. The molecular weight excluding hydrogens is 231 g/mol. The van der Waals surface area contributed by atoms with Crippen LogP contribution in [-0.4, -0.2) is 12.9 Å². The average molecular weight is 245 g/mol.